The fraction of sp³-hybridized carbons (Fsp3) is 0.733. The van der Waals surface area contributed by atoms with Gasteiger partial charge in [0, 0.05) is 44.5 Å². The lowest BCUT2D eigenvalue weighted by molar-refractivity contribution is 0.166. The molecule has 2 atom stereocenters. The lowest BCUT2D eigenvalue weighted by Gasteiger charge is -2.35. The molecule has 0 spiro atoms. The van der Waals surface area contributed by atoms with E-state index in [1.807, 2.05) is 0 Å². The fourth-order valence-corrected chi connectivity index (χ4v) is 3.67. The van der Waals surface area contributed by atoms with Gasteiger partial charge in [-0.2, -0.15) is 0 Å². The van der Waals surface area contributed by atoms with Gasteiger partial charge in [-0.3, -0.25) is 9.36 Å². The van der Waals surface area contributed by atoms with E-state index < -0.39 is 0 Å². The van der Waals surface area contributed by atoms with Crippen molar-refractivity contribution >= 4 is 0 Å². The molecule has 1 aromatic rings. The van der Waals surface area contributed by atoms with E-state index in [9.17, 15) is 9.59 Å². The standard InChI is InChI=1S/C15H24N4O2/c1-17-10-11(14(20)18(2)15(17)21)9-16-12-5-7-19-6-3-4-13(19)8-12/h10,12-13,16H,3-9H2,1-2H3. The highest BCUT2D eigenvalue weighted by atomic mass is 16.2. The van der Waals surface area contributed by atoms with E-state index in [2.05, 4.69) is 10.2 Å². The normalized spacial score (nSPS) is 26.0. The number of nitrogens with one attached hydrogen (secondary N) is 1. The lowest BCUT2D eigenvalue weighted by atomic mass is 9.97. The number of rotatable bonds is 3. The highest BCUT2D eigenvalue weighted by Crippen LogP contribution is 2.26. The van der Waals surface area contributed by atoms with Crippen molar-refractivity contribution in [2.75, 3.05) is 13.1 Å². The summed E-state index contributed by atoms with van der Waals surface area (Å²) >= 11 is 0. The van der Waals surface area contributed by atoms with E-state index in [4.69, 9.17) is 0 Å². The van der Waals surface area contributed by atoms with Crippen LogP contribution in [0.15, 0.2) is 15.8 Å². The van der Waals surface area contributed by atoms with Crippen molar-refractivity contribution in [1.29, 1.82) is 0 Å². The summed E-state index contributed by atoms with van der Waals surface area (Å²) in [6.07, 6.45) is 6.59. The molecule has 6 nitrogen and oxygen atoms in total. The Balaban J connectivity index is 1.66. The smallest absolute Gasteiger partial charge is 0.310 e. The first-order valence-corrected chi connectivity index (χ1v) is 7.79. The molecule has 1 N–H and O–H groups in total. The van der Waals surface area contributed by atoms with Crippen LogP contribution in [0, 0.1) is 0 Å². The molecule has 0 aliphatic carbocycles. The quantitative estimate of drug-likeness (QED) is 0.838. The third-order valence-corrected chi connectivity index (χ3v) is 4.92. The van der Waals surface area contributed by atoms with Gasteiger partial charge in [0.25, 0.3) is 5.56 Å². The summed E-state index contributed by atoms with van der Waals surface area (Å²) in [7, 11) is 3.22. The average Bonchev–Trinajstić information content (AvgIpc) is 2.95. The molecule has 2 aliphatic heterocycles. The molecule has 2 saturated heterocycles. The molecule has 2 fully saturated rings. The monoisotopic (exact) mass is 292 g/mol. The summed E-state index contributed by atoms with van der Waals surface area (Å²) in [5.41, 5.74) is 0.195. The Morgan fingerprint density at radius 2 is 2.05 bits per heavy atom. The van der Waals surface area contributed by atoms with E-state index in [1.165, 1.54) is 42.0 Å². The molecule has 1 aromatic heterocycles. The van der Waals surface area contributed by atoms with Crippen LogP contribution in [0.4, 0.5) is 0 Å². The van der Waals surface area contributed by atoms with Crippen LogP contribution < -0.4 is 16.6 Å². The van der Waals surface area contributed by atoms with E-state index in [1.54, 1.807) is 13.2 Å². The SMILES string of the molecule is Cn1cc(CNC2CCN3CCCC3C2)c(=O)n(C)c1=O. The molecular weight excluding hydrogens is 268 g/mol. The van der Waals surface area contributed by atoms with Crippen molar-refractivity contribution in [3.05, 3.63) is 32.6 Å². The molecule has 0 aromatic carbocycles. The summed E-state index contributed by atoms with van der Waals surface area (Å²) in [4.78, 5) is 26.4. The van der Waals surface area contributed by atoms with Crippen molar-refractivity contribution in [1.82, 2.24) is 19.4 Å². The minimum absolute atomic E-state index is 0.191. The van der Waals surface area contributed by atoms with E-state index >= 15 is 0 Å². The number of piperidine rings is 1. The summed E-state index contributed by atoms with van der Waals surface area (Å²) in [5.74, 6) is 0. The van der Waals surface area contributed by atoms with Crippen LogP contribution in [0.25, 0.3) is 0 Å². The third kappa shape index (κ3) is 2.82. The van der Waals surface area contributed by atoms with Crippen molar-refractivity contribution in [2.24, 2.45) is 14.1 Å². The highest BCUT2D eigenvalue weighted by Gasteiger charge is 2.31. The van der Waals surface area contributed by atoms with Gasteiger partial charge in [-0.25, -0.2) is 4.79 Å². The Morgan fingerprint density at radius 1 is 1.24 bits per heavy atom. The van der Waals surface area contributed by atoms with Gasteiger partial charge >= 0.3 is 5.69 Å². The second kappa shape index (κ2) is 5.77. The first-order chi connectivity index (χ1) is 10.1. The van der Waals surface area contributed by atoms with Crippen LogP contribution >= 0.6 is 0 Å². The Hall–Kier alpha value is -1.40. The van der Waals surface area contributed by atoms with Crippen LogP contribution in [-0.4, -0.2) is 39.2 Å². The van der Waals surface area contributed by atoms with E-state index in [0.717, 1.165) is 19.0 Å². The molecule has 2 aliphatic rings. The zero-order valence-electron chi connectivity index (χ0n) is 12.8. The van der Waals surface area contributed by atoms with Crippen LogP contribution in [0.5, 0.6) is 0 Å². The van der Waals surface area contributed by atoms with Crippen LogP contribution in [0.3, 0.4) is 0 Å². The maximum absolute atomic E-state index is 12.1. The summed E-state index contributed by atoms with van der Waals surface area (Å²) in [6, 6.07) is 1.20. The maximum Gasteiger partial charge on any atom is 0.330 e. The number of fused-ring (bicyclic) bond motifs is 1. The maximum atomic E-state index is 12.1. The number of nitrogens with zero attached hydrogens (tertiary/aromatic N) is 3. The molecule has 0 radical (unpaired) electrons. The average molecular weight is 292 g/mol. The third-order valence-electron chi connectivity index (χ3n) is 4.92. The summed E-state index contributed by atoms with van der Waals surface area (Å²) < 4.78 is 2.65. The van der Waals surface area contributed by atoms with Gasteiger partial charge in [0.2, 0.25) is 0 Å². The van der Waals surface area contributed by atoms with Crippen molar-refractivity contribution < 1.29 is 0 Å². The molecule has 116 valence electrons. The molecule has 0 saturated carbocycles. The highest BCUT2D eigenvalue weighted by molar-refractivity contribution is 5.05. The van der Waals surface area contributed by atoms with Gasteiger partial charge in [0.05, 0.1) is 0 Å². The molecule has 2 unspecified atom stereocenters. The van der Waals surface area contributed by atoms with Gasteiger partial charge in [0.15, 0.2) is 0 Å². The molecular formula is C15H24N4O2. The van der Waals surface area contributed by atoms with Gasteiger partial charge in [-0.1, -0.05) is 0 Å². The molecule has 6 heteroatoms. The predicted molar refractivity (Wildman–Crippen MR) is 81.4 cm³/mol. The van der Waals surface area contributed by atoms with Crippen LogP contribution in [0.2, 0.25) is 0 Å². The largest absolute Gasteiger partial charge is 0.330 e. The fourth-order valence-electron chi connectivity index (χ4n) is 3.67. The van der Waals surface area contributed by atoms with Gasteiger partial charge in [-0.15, -0.1) is 0 Å². The van der Waals surface area contributed by atoms with Crippen molar-refractivity contribution in [3.63, 3.8) is 0 Å². The summed E-state index contributed by atoms with van der Waals surface area (Å²) in [5, 5.41) is 3.51. The Bertz CT molecular complexity index is 634. The summed E-state index contributed by atoms with van der Waals surface area (Å²) in [6.45, 7) is 2.95. The van der Waals surface area contributed by atoms with Crippen LogP contribution in [-0.2, 0) is 20.6 Å². The van der Waals surface area contributed by atoms with E-state index in [-0.39, 0.29) is 11.2 Å². The van der Waals surface area contributed by atoms with E-state index in [0.29, 0.717) is 18.2 Å². The van der Waals surface area contributed by atoms with Crippen molar-refractivity contribution in [2.45, 2.75) is 44.3 Å². The molecule has 3 heterocycles. The van der Waals surface area contributed by atoms with Gasteiger partial charge in [-0.05, 0) is 38.8 Å². The molecule has 3 rings (SSSR count). The molecule has 0 bridgehead atoms. The van der Waals surface area contributed by atoms with Crippen LogP contribution in [0.1, 0.15) is 31.2 Å². The zero-order chi connectivity index (χ0) is 15.0. The second-order valence-corrected chi connectivity index (χ2v) is 6.35. The van der Waals surface area contributed by atoms with Gasteiger partial charge < -0.3 is 14.8 Å². The Labute approximate surface area is 124 Å². The minimum atomic E-state index is -0.275. The van der Waals surface area contributed by atoms with Crippen molar-refractivity contribution in [3.8, 4) is 0 Å². The lowest BCUT2D eigenvalue weighted by Crippen LogP contribution is -2.46. The minimum Gasteiger partial charge on any atom is -0.310 e. The Morgan fingerprint density at radius 3 is 2.86 bits per heavy atom. The topological polar surface area (TPSA) is 59.3 Å². The number of aromatic nitrogens is 2. The molecule has 0 amide bonds. The first kappa shape index (κ1) is 14.5. The predicted octanol–water partition coefficient (Wildman–Crippen LogP) is -0.200. The first-order valence-electron chi connectivity index (χ1n) is 7.79. The second-order valence-electron chi connectivity index (χ2n) is 6.35. The number of aryl methyl sites for hydroxylation is 1. The van der Waals surface area contributed by atoms with Gasteiger partial charge in [0.1, 0.15) is 0 Å². The zero-order valence-corrected chi connectivity index (χ0v) is 12.8. The molecule has 21 heavy (non-hydrogen) atoms. The number of hydrogen-bond acceptors (Lipinski definition) is 4. The Kier molecular flexibility index (Phi) is 3.99. The number of hydrogen-bond donors (Lipinski definition) is 1.